The van der Waals surface area contributed by atoms with Gasteiger partial charge in [0.15, 0.2) is 0 Å². The first-order valence-electron chi connectivity index (χ1n) is 9.36. The number of nitrogens with one attached hydrogen (secondary N) is 1. The SMILES string of the molecule is CC(c1cn(COCc2ccccc2)c2ccc(Br)cc12)C1CCCN1. The molecule has 1 aliphatic heterocycles. The van der Waals surface area contributed by atoms with Crippen LogP contribution in [0.2, 0.25) is 0 Å². The summed E-state index contributed by atoms with van der Waals surface area (Å²) in [4.78, 5) is 0. The Morgan fingerprint density at radius 1 is 1.23 bits per heavy atom. The van der Waals surface area contributed by atoms with E-state index in [1.165, 1.54) is 34.9 Å². The van der Waals surface area contributed by atoms with Gasteiger partial charge in [-0.1, -0.05) is 53.2 Å². The van der Waals surface area contributed by atoms with Crippen LogP contribution in [0, 0.1) is 0 Å². The first-order chi connectivity index (χ1) is 12.7. The summed E-state index contributed by atoms with van der Waals surface area (Å²) in [6.07, 6.45) is 4.82. The van der Waals surface area contributed by atoms with Gasteiger partial charge in [-0.25, -0.2) is 0 Å². The maximum absolute atomic E-state index is 6.00. The van der Waals surface area contributed by atoms with Crippen molar-refractivity contribution >= 4 is 26.8 Å². The molecule has 3 aromatic rings. The second kappa shape index (κ2) is 7.95. The lowest BCUT2D eigenvalue weighted by Crippen LogP contribution is -2.27. The fourth-order valence-corrected chi connectivity index (χ4v) is 4.32. The number of hydrogen-bond donors (Lipinski definition) is 1. The molecule has 2 aromatic carbocycles. The zero-order chi connectivity index (χ0) is 17.9. The van der Waals surface area contributed by atoms with Crippen molar-refractivity contribution in [3.05, 3.63) is 70.3 Å². The lowest BCUT2D eigenvalue weighted by Gasteiger charge is -2.19. The van der Waals surface area contributed by atoms with Gasteiger partial charge in [0.05, 0.1) is 12.1 Å². The van der Waals surface area contributed by atoms with Crippen molar-refractivity contribution in [3.63, 3.8) is 0 Å². The number of ether oxygens (including phenoxy) is 1. The number of benzene rings is 2. The van der Waals surface area contributed by atoms with Crippen LogP contribution in [0.15, 0.2) is 59.2 Å². The molecule has 4 rings (SSSR count). The highest BCUT2D eigenvalue weighted by atomic mass is 79.9. The number of hydrogen-bond acceptors (Lipinski definition) is 2. The molecule has 26 heavy (non-hydrogen) atoms. The van der Waals surface area contributed by atoms with E-state index in [4.69, 9.17) is 4.74 Å². The van der Waals surface area contributed by atoms with E-state index >= 15 is 0 Å². The summed E-state index contributed by atoms with van der Waals surface area (Å²) in [5.41, 5.74) is 3.85. The Bertz CT molecular complexity index is 868. The standard InChI is InChI=1S/C22H25BrN2O/c1-16(21-8-5-11-24-21)20-13-25(22-10-9-18(23)12-19(20)22)15-26-14-17-6-3-2-4-7-17/h2-4,6-7,9-10,12-13,16,21,24H,5,8,11,14-15H2,1H3. The van der Waals surface area contributed by atoms with Gasteiger partial charge in [0.2, 0.25) is 0 Å². The molecule has 0 saturated carbocycles. The van der Waals surface area contributed by atoms with Crippen LogP contribution in [0.1, 0.15) is 36.8 Å². The van der Waals surface area contributed by atoms with Crippen LogP contribution in [0.3, 0.4) is 0 Å². The lowest BCUT2D eigenvalue weighted by atomic mass is 9.92. The van der Waals surface area contributed by atoms with Gasteiger partial charge in [-0.2, -0.15) is 0 Å². The van der Waals surface area contributed by atoms with E-state index in [-0.39, 0.29) is 0 Å². The highest BCUT2D eigenvalue weighted by Gasteiger charge is 2.25. The van der Waals surface area contributed by atoms with Gasteiger partial charge in [0.1, 0.15) is 6.73 Å². The Balaban J connectivity index is 1.58. The molecule has 0 spiro atoms. The zero-order valence-electron chi connectivity index (χ0n) is 15.1. The fraction of sp³-hybridized carbons (Fsp3) is 0.364. The molecule has 1 fully saturated rings. The van der Waals surface area contributed by atoms with Crippen LogP contribution >= 0.6 is 15.9 Å². The molecule has 2 atom stereocenters. The van der Waals surface area contributed by atoms with Crippen molar-refractivity contribution in [1.29, 1.82) is 0 Å². The molecule has 1 saturated heterocycles. The van der Waals surface area contributed by atoms with Crippen LogP contribution in [0.25, 0.3) is 10.9 Å². The highest BCUT2D eigenvalue weighted by Crippen LogP contribution is 2.33. The number of fused-ring (bicyclic) bond motifs is 1. The summed E-state index contributed by atoms with van der Waals surface area (Å²) in [5, 5.41) is 4.98. The van der Waals surface area contributed by atoms with Gasteiger partial charge in [0.25, 0.3) is 0 Å². The van der Waals surface area contributed by atoms with E-state index in [0.29, 0.717) is 25.3 Å². The molecule has 1 aromatic heterocycles. The molecule has 0 bridgehead atoms. The third kappa shape index (κ3) is 3.73. The van der Waals surface area contributed by atoms with Crippen molar-refractivity contribution in [2.75, 3.05) is 6.54 Å². The molecule has 3 nitrogen and oxygen atoms in total. The number of aromatic nitrogens is 1. The molecule has 0 aliphatic carbocycles. The van der Waals surface area contributed by atoms with Gasteiger partial charge < -0.3 is 14.6 Å². The van der Waals surface area contributed by atoms with Crippen molar-refractivity contribution in [3.8, 4) is 0 Å². The van der Waals surface area contributed by atoms with Gasteiger partial charge in [0, 0.05) is 22.1 Å². The van der Waals surface area contributed by atoms with Crippen LogP contribution < -0.4 is 5.32 Å². The Morgan fingerprint density at radius 3 is 2.85 bits per heavy atom. The Morgan fingerprint density at radius 2 is 2.08 bits per heavy atom. The minimum Gasteiger partial charge on any atom is -0.356 e. The molecule has 2 unspecified atom stereocenters. The molecule has 2 heterocycles. The average Bonchev–Trinajstić information content (AvgIpc) is 3.30. The van der Waals surface area contributed by atoms with Gasteiger partial charge in [-0.3, -0.25) is 0 Å². The van der Waals surface area contributed by atoms with Gasteiger partial charge in [-0.15, -0.1) is 0 Å². The molecular formula is C22H25BrN2O. The Kier molecular flexibility index (Phi) is 5.44. The smallest absolute Gasteiger partial charge is 0.123 e. The molecular weight excluding hydrogens is 388 g/mol. The summed E-state index contributed by atoms with van der Waals surface area (Å²) in [6, 6.07) is 17.4. The predicted molar refractivity (Wildman–Crippen MR) is 110 cm³/mol. The minimum absolute atomic E-state index is 0.490. The van der Waals surface area contributed by atoms with Crippen molar-refractivity contribution in [2.45, 2.75) is 45.1 Å². The molecule has 1 N–H and O–H groups in total. The summed E-state index contributed by atoms with van der Waals surface area (Å²) in [5.74, 6) is 0.490. The number of halogens is 1. The Hall–Kier alpha value is -1.62. The molecule has 1 aliphatic rings. The first kappa shape index (κ1) is 17.8. The number of nitrogens with zero attached hydrogens (tertiary/aromatic N) is 1. The lowest BCUT2D eigenvalue weighted by molar-refractivity contribution is 0.0667. The summed E-state index contributed by atoms with van der Waals surface area (Å²) in [6.45, 7) is 4.68. The first-order valence-corrected chi connectivity index (χ1v) is 10.1. The maximum atomic E-state index is 6.00. The van der Waals surface area contributed by atoms with Gasteiger partial charge in [-0.05, 0) is 54.6 Å². The van der Waals surface area contributed by atoms with Crippen LogP contribution in [0.5, 0.6) is 0 Å². The quantitative estimate of drug-likeness (QED) is 0.583. The number of rotatable bonds is 6. The molecule has 4 heteroatoms. The van der Waals surface area contributed by atoms with E-state index in [1.54, 1.807) is 0 Å². The molecule has 0 amide bonds. The largest absolute Gasteiger partial charge is 0.356 e. The third-order valence-corrected chi connectivity index (χ3v) is 5.90. The predicted octanol–water partition coefficient (Wildman–Crippen LogP) is 5.43. The minimum atomic E-state index is 0.490. The van der Waals surface area contributed by atoms with E-state index in [9.17, 15) is 0 Å². The van der Waals surface area contributed by atoms with Crippen LogP contribution in [-0.4, -0.2) is 17.2 Å². The van der Waals surface area contributed by atoms with Crippen LogP contribution in [0.4, 0.5) is 0 Å². The van der Waals surface area contributed by atoms with E-state index < -0.39 is 0 Å². The van der Waals surface area contributed by atoms with Crippen molar-refractivity contribution in [1.82, 2.24) is 9.88 Å². The fourth-order valence-electron chi connectivity index (χ4n) is 3.96. The summed E-state index contributed by atoms with van der Waals surface area (Å²) < 4.78 is 9.37. The van der Waals surface area contributed by atoms with E-state index in [2.05, 4.69) is 81.4 Å². The Labute approximate surface area is 163 Å². The highest BCUT2D eigenvalue weighted by molar-refractivity contribution is 9.10. The molecule has 136 valence electrons. The normalized spacial score (nSPS) is 18.5. The van der Waals surface area contributed by atoms with Gasteiger partial charge >= 0.3 is 0 Å². The van der Waals surface area contributed by atoms with E-state index in [1.807, 2.05) is 6.07 Å². The topological polar surface area (TPSA) is 26.2 Å². The second-order valence-corrected chi connectivity index (χ2v) is 8.09. The average molecular weight is 413 g/mol. The summed E-state index contributed by atoms with van der Waals surface area (Å²) in [7, 11) is 0. The van der Waals surface area contributed by atoms with Crippen molar-refractivity contribution < 1.29 is 4.74 Å². The molecule has 0 radical (unpaired) electrons. The second-order valence-electron chi connectivity index (χ2n) is 7.17. The van der Waals surface area contributed by atoms with Crippen LogP contribution in [-0.2, 0) is 18.1 Å². The van der Waals surface area contributed by atoms with Crippen molar-refractivity contribution in [2.24, 2.45) is 0 Å². The monoisotopic (exact) mass is 412 g/mol. The zero-order valence-corrected chi connectivity index (χ0v) is 16.7. The third-order valence-electron chi connectivity index (χ3n) is 5.41. The maximum Gasteiger partial charge on any atom is 0.123 e. The van der Waals surface area contributed by atoms with E-state index in [0.717, 1.165) is 11.0 Å². The summed E-state index contributed by atoms with van der Waals surface area (Å²) >= 11 is 3.64.